The minimum Gasteiger partial charge on any atom is -0.355 e. The van der Waals surface area contributed by atoms with E-state index in [2.05, 4.69) is 34.5 Å². The molecule has 0 radical (unpaired) electrons. The SMILES string of the molecule is CCCCN(C)CCNC(=NC)NCc1cccc(Cl)c1. The third kappa shape index (κ3) is 7.93. The van der Waals surface area contributed by atoms with Gasteiger partial charge < -0.3 is 15.5 Å². The van der Waals surface area contributed by atoms with Crippen LogP contribution in [-0.2, 0) is 6.54 Å². The molecule has 118 valence electrons. The summed E-state index contributed by atoms with van der Waals surface area (Å²) in [6.07, 6.45) is 2.48. The van der Waals surface area contributed by atoms with Gasteiger partial charge in [0.15, 0.2) is 5.96 Å². The molecule has 1 aromatic carbocycles. The Morgan fingerprint density at radius 3 is 2.76 bits per heavy atom. The first-order valence-corrected chi connectivity index (χ1v) is 7.91. The molecule has 0 atom stereocenters. The number of benzene rings is 1. The molecule has 1 aromatic rings. The Labute approximate surface area is 133 Å². The molecule has 5 heteroatoms. The van der Waals surface area contributed by atoms with Crippen molar-refractivity contribution in [3.63, 3.8) is 0 Å². The second kappa shape index (κ2) is 10.5. The first-order chi connectivity index (χ1) is 10.2. The van der Waals surface area contributed by atoms with Gasteiger partial charge in [-0.25, -0.2) is 0 Å². The highest BCUT2D eigenvalue weighted by atomic mass is 35.5. The van der Waals surface area contributed by atoms with Crippen LogP contribution in [0.25, 0.3) is 0 Å². The lowest BCUT2D eigenvalue weighted by molar-refractivity contribution is 0.332. The predicted molar refractivity (Wildman–Crippen MR) is 92.1 cm³/mol. The van der Waals surface area contributed by atoms with Gasteiger partial charge in [-0.05, 0) is 37.7 Å². The van der Waals surface area contributed by atoms with Gasteiger partial charge in [-0.15, -0.1) is 0 Å². The molecular formula is C16H27ClN4. The van der Waals surface area contributed by atoms with Crippen molar-refractivity contribution in [2.75, 3.05) is 33.7 Å². The Morgan fingerprint density at radius 2 is 2.10 bits per heavy atom. The van der Waals surface area contributed by atoms with Crippen LogP contribution < -0.4 is 10.6 Å². The van der Waals surface area contributed by atoms with E-state index in [4.69, 9.17) is 11.6 Å². The van der Waals surface area contributed by atoms with Crippen LogP contribution in [0.1, 0.15) is 25.3 Å². The number of hydrogen-bond acceptors (Lipinski definition) is 2. The zero-order valence-electron chi connectivity index (χ0n) is 13.3. The van der Waals surface area contributed by atoms with Crippen molar-refractivity contribution in [1.29, 1.82) is 0 Å². The van der Waals surface area contributed by atoms with E-state index in [-0.39, 0.29) is 0 Å². The van der Waals surface area contributed by atoms with Crippen molar-refractivity contribution < 1.29 is 0 Å². The standard InChI is InChI=1S/C16H27ClN4/c1-4-5-10-21(3)11-9-19-16(18-2)20-13-14-7-6-8-15(17)12-14/h6-8,12H,4-5,9-11,13H2,1-3H3,(H2,18,19,20). The molecule has 0 spiro atoms. The molecule has 0 aliphatic heterocycles. The van der Waals surface area contributed by atoms with E-state index in [0.717, 1.165) is 36.2 Å². The van der Waals surface area contributed by atoms with E-state index < -0.39 is 0 Å². The lowest BCUT2D eigenvalue weighted by atomic mass is 10.2. The number of likely N-dealkylation sites (N-methyl/N-ethyl adjacent to an activating group) is 1. The fourth-order valence-electron chi connectivity index (χ4n) is 1.96. The van der Waals surface area contributed by atoms with Crippen LogP contribution in [0.15, 0.2) is 29.3 Å². The normalized spacial score (nSPS) is 11.8. The summed E-state index contributed by atoms with van der Waals surface area (Å²) in [5.41, 5.74) is 1.14. The average molecular weight is 311 g/mol. The number of unbranched alkanes of at least 4 members (excludes halogenated alkanes) is 1. The lowest BCUT2D eigenvalue weighted by Gasteiger charge is -2.18. The van der Waals surface area contributed by atoms with E-state index in [1.807, 2.05) is 24.3 Å². The number of rotatable bonds is 8. The molecule has 0 heterocycles. The molecule has 1 rings (SSSR count). The van der Waals surface area contributed by atoms with Crippen LogP contribution in [0.5, 0.6) is 0 Å². The smallest absolute Gasteiger partial charge is 0.191 e. The summed E-state index contributed by atoms with van der Waals surface area (Å²) in [5, 5.41) is 7.38. The van der Waals surface area contributed by atoms with Gasteiger partial charge in [0, 0.05) is 31.7 Å². The molecule has 0 aliphatic rings. The Kier molecular flexibility index (Phi) is 8.87. The van der Waals surface area contributed by atoms with Gasteiger partial charge in [-0.3, -0.25) is 4.99 Å². The van der Waals surface area contributed by atoms with Gasteiger partial charge in [-0.1, -0.05) is 37.1 Å². The summed E-state index contributed by atoms with van der Waals surface area (Å²) >= 11 is 5.97. The molecule has 0 bridgehead atoms. The van der Waals surface area contributed by atoms with Gasteiger partial charge in [-0.2, -0.15) is 0 Å². The molecule has 0 unspecified atom stereocenters. The molecule has 0 fully saturated rings. The fraction of sp³-hybridized carbons (Fsp3) is 0.562. The maximum atomic E-state index is 5.97. The molecule has 0 saturated heterocycles. The number of hydrogen-bond donors (Lipinski definition) is 2. The zero-order chi connectivity index (χ0) is 15.5. The summed E-state index contributed by atoms with van der Waals surface area (Å²) in [5.74, 6) is 0.818. The van der Waals surface area contributed by atoms with E-state index >= 15 is 0 Å². The van der Waals surface area contributed by atoms with Crippen LogP contribution in [0.3, 0.4) is 0 Å². The zero-order valence-corrected chi connectivity index (χ0v) is 14.1. The minimum absolute atomic E-state index is 0.714. The highest BCUT2D eigenvalue weighted by Crippen LogP contribution is 2.10. The third-order valence-electron chi connectivity index (χ3n) is 3.25. The van der Waals surface area contributed by atoms with Gasteiger partial charge >= 0.3 is 0 Å². The molecule has 2 N–H and O–H groups in total. The van der Waals surface area contributed by atoms with E-state index in [1.54, 1.807) is 7.05 Å². The number of guanidine groups is 1. The van der Waals surface area contributed by atoms with Crippen LogP contribution in [0.4, 0.5) is 0 Å². The summed E-state index contributed by atoms with van der Waals surface area (Å²) in [7, 11) is 3.94. The van der Waals surface area contributed by atoms with Crippen molar-refractivity contribution in [3.8, 4) is 0 Å². The lowest BCUT2D eigenvalue weighted by Crippen LogP contribution is -2.40. The average Bonchev–Trinajstić information content (AvgIpc) is 2.48. The van der Waals surface area contributed by atoms with Gasteiger partial charge in [0.25, 0.3) is 0 Å². The molecule has 21 heavy (non-hydrogen) atoms. The van der Waals surface area contributed by atoms with Gasteiger partial charge in [0.2, 0.25) is 0 Å². The maximum Gasteiger partial charge on any atom is 0.191 e. The minimum atomic E-state index is 0.714. The number of nitrogens with zero attached hydrogens (tertiary/aromatic N) is 2. The molecule has 4 nitrogen and oxygen atoms in total. The van der Waals surface area contributed by atoms with Gasteiger partial charge in [0.1, 0.15) is 0 Å². The number of aliphatic imine (C=N–C) groups is 1. The quantitative estimate of drug-likeness (QED) is 0.573. The summed E-state index contributed by atoms with van der Waals surface area (Å²) in [6.45, 7) is 5.97. The van der Waals surface area contributed by atoms with Crippen LogP contribution >= 0.6 is 11.6 Å². The fourth-order valence-corrected chi connectivity index (χ4v) is 2.17. The van der Waals surface area contributed by atoms with Crippen LogP contribution in [-0.4, -0.2) is 44.6 Å². The number of halogens is 1. The van der Waals surface area contributed by atoms with Crippen LogP contribution in [0, 0.1) is 0 Å². The van der Waals surface area contributed by atoms with Crippen molar-refractivity contribution in [3.05, 3.63) is 34.9 Å². The first-order valence-electron chi connectivity index (χ1n) is 7.53. The first kappa shape index (κ1) is 17.8. The number of nitrogens with one attached hydrogen (secondary N) is 2. The summed E-state index contributed by atoms with van der Waals surface area (Å²) in [6, 6.07) is 7.84. The molecule has 0 aliphatic carbocycles. The third-order valence-corrected chi connectivity index (χ3v) is 3.49. The molecule has 0 aromatic heterocycles. The largest absolute Gasteiger partial charge is 0.355 e. The maximum absolute atomic E-state index is 5.97. The molecule has 0 amide bonds. The Hall–Kier alpha value is -1.26. The van der Waals surface area contributed by atoms with Gasteiger partial charge in [0.05, 0.1) is 0 Å². The van der Waals surface area contributed by atoms with E-state index in [9.17, 15) is 0 Å². The predicted octanol–water partition coefficient (Wildman–Crippen LogP) is 2.74. The van der Waals surface area contributed by atoms with Crippen LogP contribution in [0.2, 0.25) is 5.02 Å². The highest BCUT2D eigenvalue weighted by Gasteiger charge is 2.01. The van der Waals surface area contributed by atoms with Crippen molar-refractivity contribution in [2.24, 2.45) is 4.99 Å². The summed E-state index contributed by atoms with van der Waals surface area (Å²) in [4.78, 5) is 6.56. The van der Waals surface area contributed by atoms with Crippen molar-refractivity contribution >= 4 is 17.6 Å². The Bertz CT molecular complexity index is 434. The monoisotopic (exact) mass is 310 g/mol. The molecular weight excluding hydrogens is 284 g/mol. The van der Waals surface area contributed by atoms with E-state index in [1.165, 1.54) is 12.8 Å². The van der Waals surface area contributed by atoms with Crippen molar-refractivity contribution in [1.82, 2.24) is 15.5 Å². The highest BCUT2D eigenvalue weighted by molar-refractivity contribution is 6.30. The second-order valence-corrected chi connectivity index (χ2v) is 5.58. The Morgan fingerprint density at radius 1 is 1.29 bits per heavy atom. The Balaban J connectivity index is 2.26. The second-order valence-electron chi connectivity index (χ2n) is 5.14. The van der Waals surface area contributed by atoms with E-state index in [0.29, 0.717) is 6.54 Å². The molecule has 0 saturated carbocycles. The topological polar surface area (TPSA) is 39.7 Å². The summed E-state index contributed by atoms with van der Waals surface area (Å²) < 4.78 is 0. The van der Waals surface area contributed by atoms with Crippen molar-refractivity contribution in [2.45, 2.75) is 26.3 Å².